The van der Waals surface area contributed by atoms with E-state index in [1.807, 2.05) is 6.92 Å². The van der Waals surface area contributed by atoms with Gasteiger partial charge in [-0.15, -0.1) is 0 Å². The third-order valence-electron chi connectivity index (χ3n) is 6.44. The summed E-state index contributed by atoms with van der Waals surface area (Å²) in [7, 11) is 3.10. The third-order valence-corrected chi connectivity index (χ3v) is 6.44. The van der Waals surface area contributed by atoms with Crippen molar-refractivity contribution in [2.45, 2.75) is 51.7 Å². The molecule has 1 radical (unpaired) electrons. The Morgan fingerprint density at radius 2 is 1.95 bits per heavy atom. The summed E-state index contributed by atoms with van der Waals surface area (Å²) in [6, 6.07) is 9.13. The Hall–Kier alpha value is -4.64. The monoisotopic (exact) mass is 595 g/mol. The number of rotatable bonds is 12. The lowest BCUT2D eigenvalue weighted by Gasteiger charge is -2.23. The molecule has 14 heteroatoms. The van der Waals surface area contributed by atoms with Crippen LogP contribution in [0.1, 0.15) is 50.4 Å². The molecule has 0 spiro atoms. The maximum Gasteiger partial charge on any atom is 0.417 e. The molecule has 1 unspecified atom stereocenters. The first kappa shape index (κ1) is 32.9. The number of nitrogens with zero attached hydrogens (tertiary/aromatic N) is 2. The van der Waals surface area contributed by atoms with Crippen molar-refractivity contribution < 1.29 is 27.8 Å². The van der Waals surface area contributed by atoms with E-state index in [1.165, 1.54) is 13.0 Å². The molecule has 1 amide bonds. The highest BCUT2D eigenvalue weighted by Gasteiger charge is 2.35. The minimum Gasteiger partial charge on any atom is -0.493 e. The van der Waals surface area contributed by atoms with Gasteiger partial charge in [0.05, 0.1) is 35.1 Å². The number of hydrogen-bond acceptors (Lipinski definition) is 8. The second kappa shape index (κ2) is 13.6. The lowest BCUT2D eigenvalue weighted by Crippen LogP contribution is -2.42. The standard InChI is InChI=1S/C29H31BF3N6O4/c1-5-7-21(35)23-24(36-4)26(40)39-25(38-23)19-12-17(9-11-22(19)43-6-2)30-15-28(3,42)27(41)37-18-10-8-16(14-34)20(13-18)29(31,32)33/h8-13,35-36,42H,5-7,15H2,1-4H3,(H,37,41)(H,38,39,40). The molecule has 1 atom stereocenters. The first-order valence-corrected chi connectivity index (χ1v) is 13.4. The predicted molar refractivity (Wildman–Crippen MR) is 158 cm³/mol. The van der Waals surface area contributed by atoms with Crippen molar-refractivity contribution in [2.75, 3.05) is 24.3 Å². The number of aromatic amines is 1. The number of nitriles is 1. The largest absolute Gasteiger partial charge is 0.493 e. The van der Waals surface area contributed by atoms with Gasteiger partial charge in [0.2, 0.25) is 0 Å². The Morgan fingerprint density at radius 3 is 2.56 bits per heavy atom. The van der Waals surface area contributed by atoms with Crippen LogP contribution in [0, 0.1) is 16.7 Å². The maximum absolute atomic E-state index is 13.3. The zero-order chi connectivity index (χ0) is 31.9. The Bertz CT molecular complexity index is 1620. The van der Waals surface area contributed by atoms with Crippen LogP contribution in [0.25, 0.3) is 11.4 Å². The topological polar surface area (TPSA) is 164 Å². The second-order valence-electron chi connectivity index (χ2n) is 9.81. The number of hydrogen-bond donors (Lipinski definition) is 5. The van der Waals surface area contributed by atoms with E-state index >= 15 is 0 Å². The van der Waals surface area contributed by atoms with Gasteiger partial charge in [-0.05, 0) is 50.9 Å². The second-order valence-corrected chi connectivity index (χ2v) is 9.81. The van der Waals surface area contributed by atoms with Crippen LogP contribution in [-0.4, -0.2) is 53.2 Å². The van der Waals surface area contributed by atoms with Gasteiger partial charge < -0.3 is 30.9 Å². The van der Waals surface area contributed by atoms with Crippen LogP contribution in [0.4, 0.5) is 24.5 Å². The molecule has 1 heterocycles. The number of halogens is 3. The van der Waals surface area contributed by atoms with Crippen molar-refractivity contribution in [2.24, 2.45) is 0 Å². The smallest absolute Gasteiger partial charge is 0.417 e. The average molecular weight is 595 g/mol. The van der Waals surface area contributed by atoms with E-state index in [9.17, 15) is 27.9 Å². The van der Waals surface area contributed by atoms with E-state index in [4.69, 9.17) is 15.4 Å². The summed E-state index contributed by atoms with van der Waals surface area (Å²) < 4.78 is 45.7. The molecule has 3 aromatic rings. The minimum atomic E-state index is -4.81. The summed E-state index contributed by atoms with van der Waals surface area (Å²) >= 11 is 0. The zero-order valence-corrected chi connectivity index (χ0v) is 24.1. The van der Waals surface area contributed by atoms with E-state index in [0.717, 1.165) is 12.1 Å². The lowest BCUT2D eigenvalue weighted by atomic mass is 9.62. The number of nitrogens with one attached hydrogen (secondary N) is 4. The highest BCUT2D eigenvalue weighted by atomic mass is 19.4. The number of benzene rings is 2. The number of amides is 1. The van der Waals surface area contributed by atoms with Crippen LogP contribution in [-0.2, 0) is 11.0 Å². The summed E-state index contributed by atoms with van der Waals surface area (Å²) in [6.45, 7) is 5.22. The number of aromatic nitrogens is 2. The zero-order valence-electron chi connectivity index (χ0n) is 24.1. The van der Waals surface area contributed by atoms with Crippen molar-refractivity contribution in [3.63, 3.8) is 0 Å². The minimum absolute atomic E-state index is 0.157. The van der Waals surface area contributed by atoms with Gasteiger partial charge in [-0.25, -0.2) is 4.98 Å². The van der Waals surface area contributed by atoms with Gasteiger partial charge in [-0.1, -0.05) is 30.9 Å². The molecule has 3 rings (SSSR count). The van der Waals surface area contributed by atoms with Crippen LogP contribution in [0.15, 0.2) is 41.2 Å². The fourth-order valence-electron chi connectivity index (χ4n) is 4.19. The number of aliphatic hydroxyl groups is 1. The molecule has 0 fully saturated rings. The van der Waals surface area contributed by atoms with Gasteiger partial charge in [0, 0.05) is 12.7 Å². The van der Waals surface area contributed by atoms with E-state index in [-0.39, 0.29) is 34.9 Å². The van der Waals surface area contributed by atoms with Gasteiger partial charge in [-0.2, -0.15) is 18.4 Å². The van der Waals surface area contributed by atoms with Gasteiger partial charge in [0.15, 0.2) is 7.28 Å². The third kappa shape index (κ3) is 7.81. The first-order chi connectivity index (χ1) is 20.2. The molecule has 225 valence electrons. The van der Waals surface area contributed by atoms with Gasteiger partial charge in [0.1, 0.15) is 28.6 Å². The van der Waals surface area contributed by atoms with Crippen molar-refractivity contribution in [1.82, 2.24) is 9.97 Å². The number of alkyl halides is 3. The molecule has 10 nitrogen and oxygen atoms in total. The molecule has 0 aliphatic rings. The molecule has 0 saturated carbocycles. The molecule has 5 N–H and O–H groups in total. The number of carbonyl (C=O) groups is 1. The molecular weight excluding hydrogens is 564 g/mol. The maximum atomic E-state index is 13.3. The number of H-pyrrole nitrogens is 1. The van der Waals surface area contributed by atoms with Crippen LogP contribution in [0.3, 0.4) is 0 Å². The Morgan fingerprint density at radius 1 is 1.23 bits per heavy atom. The fraction of sp³-hybridized carbons (Fsp3) is 0.345. The summed E-state index contributed by atoms with van der Waals surface area (Å²) in [5.41, 5.74) is -3.06. The van der Waals surface area contributed by atoms with E-state index in [2.05, 4.69) is 20.6 Å². The Kier molecular flexibility index (Phi) is 10.4. The number of ether oxygens (including phenoxy) is 1. The molecule has 0 aliphatic carbocycles. The molecule has 43 heavy (non-hydrogen) atoms. The summed E-state index contributed by atoms with van der Waals surface area (Å²) in [4.78, 5) is 33.0. The van der Waals surface area contributed by atoms with Crippen LogP contribution < -0.4 is 26.4 Å². The number of anilines is 2. The average Bonchev–Trinajstić information content (AvgIpc) is 2.96. The quantitative estimate of drug-likeness (QED) is 0.156. The van der Waals surface area contributed by atoms with Gasteiger partial charge >= 0.3 is 6.18 Å². The van der Waals surface area contributed by atoms with E-state index in [0.29, 0.717) is 42.3 Å². The fourth-order valence-corrected chi connectivity index (χ4v) is 4.19. The van der Waals surface area contributed by atoms with Crippen molar-refractivity contribution in [1.29, 1.82) is 10.7 Å². The van der Waals surface area contributed by atoms with Crippen molar-refractivity contribution >= 4 is 35.7 Å². The molecule has 0 aliphatic heterocycles. The molecule has 1 aromatic heterocycles. The van der Waals surface area contributed by atoms with Gasteiger partial charge in [0.25, 0.3) is 11.5 Å². The summed E-state index contributed by atoms with van der Waals surface area (Å²) in [5, 5.41) is 33.3. The molecule has 0 bridgehead atoms. The van der Waals surface area contributed by atoms with Crippen molar-refractivity contribution in [3.05, 3.63) is 63.6 Å². The van der Waals surface area contributed by atoms with Crippen LogP contribution in [0.2, 0.25) is 6.32 Å². The summed E-state index contributed by atoms with van der Waals surface area (Å²) in [6.07, 6.45) is -3.95. The van der Waals surface area contributed by atoms with Gasteiger partial charge in [-0.3, -0.25) is 9.59 Å². The van der Waals surface area contributed by atoms with E-state index < -0.39 is 34.4 Å². The first-order valence-electron chi connectivity index (χ1n) is 13.4. The normalized spacial score (nSPS) is 12.5. The van der Waals surface area contributed by atoms with Crippen LogP contribution >= 0.6 is 0 Å². The molecular formula is C29H31BF3N6O4. The molecule has 2 aromatic carbocycles. The lowest BCUT2D eigenvalue weighted by molar-refractivity contribution is -0.137. The molecule has 0 saturated heterocycles. The van der Waals surface area contributed by atoms with Crippen LogP contribution in [0.5, 0.6) is 5.75 Å². The Labute approximate surface area is 247 Å². The summed E-state index contributed by atoms with van der Waals surface area (Å²) in [5.74, 6) is -0.399. The Balaban J connectivity index is 1.89. The highest BCUT2D eigenvalue weighted by Crippen LogP contribution is 2.34. The SMILES string of the molecule is CCCC(=N)c1nc(-c2cc([B]CC(C)(O)C(=O)Nc3ccc(C#N)c(C(F)(F)F)c3)ccc2OCC)[nH]c(=O)c1NC. The van der Waals surface area contributed by atoms with Crippen molar-refractivity contribution in [3.8, 4) is 23.2 Å². The van der Waals surface area contributed by atoms with E-state index in [1.54, 1.807) is 39.5 Å². The highest BCUT2D eigenvalue weighted by molar-refractivity contribution is 6.54. The predicted octanol–water partition coefficient (Wildman–Crippen LogP) is 4.07. The number of carbonyl (C=O) groups excluding carboxylic acids is 1.